The van der Waals surface area contributed by atoms with Gasteiger partial charge in [0.15, 0.2) is 0 Å². The first-order valence-corrected chi connectivity index (χ1v) is 7.21. The van der Waals surface area contributed by atoms with E-state index in [1.807, 2.05) is 6.07 Å². The number of benzene rings is 2. The predicted molar refractivity (Wildman–Crippen MR) is 86.3 cm³/mol. The van der Waals surface area contributed by atoms with Gasteiger partial charge in [-0.25, -0.2) is 0 Å². The van der Waals surface area contributed by atoms with Crippen LogP contribution in [-0.4, -0.2) is 0 Å². The number of hydrogen-bond acceptors (Lipinski definition) is 1. The minimum absolute atomic E-state index is 0.836. The van der Waals surface area contributed by atoms with Crippen LogP contribution in [0.1, 0.15) is 36.5 Å². The monoisotopic (exact) mass is 259 g/mol. The molecule has 1 nitrogen and oxygen atoms in total. The zero-order valence-electron chi connectivity index (χ0n) is 11.6. The van der Waals surface area contributed by atoms with Crippen molar-refractivity contribution in [3.05, 3.63) is 64.7 Å². The highest BCUT2D eigenvalue weighted by Crippen LogP contribution is 2.48. The predicted octanol–water partition coefficient (Wildman–Crippen LogP) is 4.88. The van der Waals surface area contributed by atoms with Gasteiger partial charge in [-0.05, 0) is 58.4 Å². The van der Waals surface area contributed by atoms with Crippen LogP contribution in [0.4, 0.5) is 5.69 Å². The summed E-state index contributed by atoms with van der Waals surface area (Å²) in [7, 11) is 0. The van der Waals surface area contributed by atoms with Crippen molar-refractivity contribution in [2.24, 2.45) is 0 Å². The summed E-state index contributed by atoms with van der Waals surface area (Å²) in [5.74, 6) is 0. The van der Waals surface area contributed by atoms with Crippen molar-refractivity contribution in [2.45, 2.75) is 19.8 Å². The molecule has 0 unspecified atom stereocenters. The average Bonchev–Trinajstić information content (AvgIpc) is 2.65. The van der Waals surface area contributed by atoms with Crippen LogP contribution in [0.5, 0.6) is 0 Å². The molecule has 0 radical (unpaired) electrons. The van der Waals surface area contributed by atoms with Crippen molar-refractivity contribution in [1.82, 2.24) is 0 Å². The molecule has 0 saturated carbocycles. The van der Waals surface area contributed by atoms with Gasteiger partial charge < -0.3 is 5.73 Å². The average molecular weight is 259 g/mol. The third-order valence-electron chi connectivity index (χ3n) is 4.37. The van der Waals surface area contributed by atoms with E-state index in [0.29, 0.717) is 0 Å². The summed E-state index contributed by atoms with van der Waals surface area (Å²) in [5, 5.41) is 0. The fraction of sp³-hybridized carbons (Fsp3) is 0.158. The van der Waals surface area contributed by atoms with Gasteiger partial charge in [-0.1, -0.05) is 48.9 Å². The molecule has 98 valence electrons. The number of nitrogen functional groups attached to an aromatic ring is 1. The van der Waals surface area contributed by atoms with Crippen LogP contribution in [0.15, 0.2) is 48.0 Å². The lowest BCUT2D eigenvalue weighted by Gasteiger charge is -2.05. The summed E-state index contributed by atoms with van der Waals surface area (Å²) >= 11 is 0. The second kappa shape index (κ2) is 4.11. The number of nitrogens with two attached hydrogens (primary N) is 1. The minimum Gasteiger partial charge on any atom is -0.399 e. The number of allylic oxidation sites excluding steroid dienone is 2. The number of rotatable bonds is 1. The third-order valence-corrected chi connectivity index (χ3v) is 4.37. The molecular formula is C19H17N. The molecule has 0 fully saturated rings. The first-order valence-electron chi connectivity index (χ1n) is 7.21. The van der Waals surface area contributed by atoms with Crippen molar-refractivity contribution in [3.8, 4) is 11.1 Å². The maximum absolute atomic E-state index is 5.97. The maximum Gasteiger partial charge on any atom is 0.0320 e. The Morgan fingerprint density at radius 3 is 2.80 bits per heavy atom. The van der Waals surface area contributed by atoms with Gasteiger partial charge in [-0.2, -0.15) is 0 Å². The van der Waals surface area contributed by atoms with Gasteiger partial charge >= 0.3 is 0 Å². The summed E-state index contributed by atoms with van der Waals surface area (Å²) in [4.78, 5) is 0. The van der Waals surface area contributed by atoms with E-state index >= 15 is 0 Å². The number of fused-ring (bicyclic) bond motifs is 3. The lowest BCUT2D eigenvalue weighted by molar-refractivity contribution is 1.05. The maximum atomic E-state index is 5.97. The zero-order chi connectivity index (χ0) is 13.7. The molecule has 0 aliphatic heterocycles. The van der Waals surface area contributed by atoms with Crippen LogP contribution in [-0.2, 0) is 0 Å². The van der Waals surface area contributed by atoms with E-state index in [0.717, 1.165) is 18.5 Å². The van der Waals surface area contributed by atoms with Gasteiger partial charge in [0.05, 0.1) is 0 Å². The summed E-state index contributed by atoms with van der Waals surface area (Å²) in [6.07, 6.45) is 6.90. The Bertz CT molecular complexity index is 778. The van der Waals surface area contributed by atoms with Crippen LogP contribution >= 0.6 is 0 Å². The Kier molecular flexibility index (Phi) is 2.37. The van der Waals surface area contributed by atoms with Gasteiger partial charge in [0.1, 0.15) is 0 Å². The highest BCUT2D eigenvalue weighted by Gasteiger charge is 2.26. The molecule has 0 spiro atoms. The molecule has 0 amide bonds. The molecule has 0 atom stereocenters. The second-order valence-corrected chi connectivity index (χ2v) is 5.55. The molecule has 1 heteroatoms. The molecule has 2 aliphatic rings. The van der Waals surface area contributed by atoms with Gasteiger partial charge in [0.2, 0.25) is 0 Å². The van der Waals surface area contributed by atoms with Crippen LogP contribution in [0.3, 0.4) is 0 Å². The van der Waals surface area contributed by atoms with Crippen LogP contribution in [0.25, 0.3) is 22.8 Å². The van der Waals surface area contributed by atoms with Crippen molar-refractivity contribution in [2.75, 3.05) is 5.73 Å². The Labute approximate surface area is 119 Å². The lowest BCUT2D eigenvalue weighted by Crippen LogP contribution is -1.86. The zero-order valence-corrected chi connectivity index (χ0v) is 11.6. The quantitative estimate of drug-likeness (QED) is 0.619. The van der Waals surface area contributed by atoms with E-state index < -0.39 is 0 Å². The van der Waals surface area contributed by atoms with Crippen LogP contribution < -0.4 is 5.73 Å². The number of hydrogen-bond donors (Lipinski definition) is 1. The van der Waals surface area contributed by atoms with E-state index in [4.69, 9.17) is 5.73 Å². The molecule has 4 rings (SSSR count). The van der Waals surface area contributed by atoms with Crippen LogP contribution in [0, 0.1) is 0 Å². The molecule has 2 aliphatic carbocycles. The molecular weight excluding hydrogens is 242 g/mol. The second-order valence-electron chi connectivity index (χ2n) is 5.55. The largest absolute Gasteiger partial charge is 0.399 e. The Morgan fingerprint density at radius 2 is 1.95 bits per heavy atom. The Balaban J connectivity index is 2.07. The van der Waals surface area contributed by atoms with Gasteiger partial charge in [-0.3, -0.25) is 0 Å². The van der Waals surface area contributed by atoms with E-state index in [1.54, 1.807) is 0 Å². The standard InChI is InChI=1S/C19H17N/c1-2-12-6-8-17-15-9-7-14(20)11-18(15)16-5-3-4-13(10-12)19(16)17/h3-5,7-11H,2,6,20H2,1H3. The lowest BCUT2D eigenvalue weighted by atomic mass is 9.99. The summed E-state index contributed by atoms with van der Waals surface area (Å²) < 4.78 is 0. The van der Waals surface area contributed by atoms with Crippen molar-refractivity contribution in [1.29, 1.82) is 0 Å². The highest BCUT2D eigenvalue weighted by atomic mass is 14.5. The molecule has 0 saturated heterocycles. The van der Waals surface area contributed by atoms with E-state index in [2.05, 4.69) is 49.4 Å². The molecule has 0 heterocycles. The fourth-order valence-corrected chi connectivity index (χ4v) is 3.34. The molecule has 0 aromatic heterocycles. The number of anilines is 1. The van der Waals surface area contributed by atoms with Crippen molar-refractivity contribution >= 4 is 17.3 Å². The fourth-order valence-electron chi connectivity index (χ4n) is 3.34. The molecule has 2 N–H and O–H groups in total. The van der Waals surface area contributed by atoms with E-state index in [1.165, 1.54) is 39.0 Å². The minimum atomic E-state index is 0.836. The first kappa shape index (κ1) is 11.5. The Morgan fingerprint density at radius 1 is 1.05 bits per heavy atom. The summed E-state index contributed by atoms with van der Waals surface area (Å²) in [5.41, 5.74) is 16.3. The smallest absolute Gasteiger partial charge is 0.0320 e. The van der Waals surface area contributed by atoms with Gasteiger partial charge in [-0.15, -0.1) is 0 Å². The van der Waals surface area contributed by atoms with Crippen LogP contribution in [0.2, 0.25) is 0 Å². The SMILES string of the molecule is CCC1=Cc2cccc3c2C(=CC1)c1ccc(N)cc1-3. The van der Waals surface area contributed by atoms with Gasteiger partial charge in [0, 0.05) is 5.69 Å². The molecule has 20 heavy (non-hydrogen) atoms. The van der Waals surface area contributed by atoms with Gasteiger partial charge in [0.25, 0.3) is 0 Å². The first-order chi connectivity index (χ1) is 9.78. The summed E-state index contributed by atoms with van der Waals surface area (Å²) in [6, 6.07) is 12.9. The third kappa shape index (κ3) is 1.50. The normalized spacial score (nSPS) is 15.1. The molecule has 2 aromatic carbocycles. The Hall–Kier alpha value is -2.28. The van der Waals surface area contributed by atoms with Crippen molar-refractivity contribution < 1.29 is 0 Å². The molecule has 0 bridgehead atoms. The van der Waals surface area contributed by atoms with Crippen molar-refractivity contribution in [3.63, 3.8) is 0 Å². The van der Waals surface area contributed by atoms with E-state index in [-0.39, 0.29) is 0 Å². The topological polar surface area (TPSA) is 26.0 Å². The summed E-state index contributed by atoms with van der Waals surface area (Å²) in [6.45, 7) is 2.23. The molecule has 2 aromatic rings. The highest BCUT2D eigenvalue weighted by molar-refractivity contribution is 6.04. The van der Waals surface area contributed by atoms with E-state index in [9.17, 15) is 0 Å².